The SMILES string of the molecule is FC(F)(F)C(F)(F)C(Br)(Br)C(Cl)(Cl)Cl. The molecule has 14 heavy (non-hydrogen) atoms. The van der Waals surface area contributed by atoms with E-state index in [0.29, 0.717) is 0 Å². The maximum absolute atomic E-state index is 12.7. The zero-order valence-corrected chi connectivity index (χ0v) is 11.2. The van der Waals surface area contributed by atoms with Crippen molar-refractivity contribution in [3.8, 4) is 0 Å². The van der Waals surface area contributed by atoms with Gasteiger partial charge in [0, 0.05) is 0 Å². The van der Waals surface area contributed by atoms with E-state index in [0.717, 1.165) is 0 Å². The Morgan fingerprint density at radius 3 is 1.14 bits per heavy atom. The van der Waals surface area contributed by atoms with Crippen molar-refractivity contribution in [2.75, 3.05) is 0 Å². The molecule has 0 N–H and O–H groups in total. The van der Waals surface area contributed by atoms with E-state index in [1.54, 1.807) is 0 Å². The van der Waals surface area contributed by atoms with Crippen molar-refractivity contribution in [1.82, 2.24) is 0 Å². The second-order valence-corrected chi connectivity index (χ2v) is 7.87. The third kappa shape index (κ3) is 2.59. The first-order valence-electron chi connectivity index (χ1n) is 2.64. The second-order valence-electron chi connectivity index (χ2n) is 2.14. The summed E-state index contributed by atoms with van der Waals surface area (Å²) >= 11 is 18.9. The monoisotopic (exact) mass is 406 g/mol. The molecule has 0 aromatic carbocycles. The molecule has 10 heteroatoms. The van der Waals surface area contributed by atoms with Crippen molar-refractivity contribution in [2.24, 2.45) is 0 Å². The molecule has 0 aromatic rings. The van der Waals surface area contributed by atoms with Crippen LogP contribution in [0.3, 0.4) is 0 Å². The first-order valence-corrected chi connectivity index (χ1v) is 5.36. The van der Waals surface area contributed by atoms with Crippen LogP contribution in [-0.4, -0.2) is 19.1 Å². The first kappa shape index (κ1) is 15.5. The summed E-state index contributed by atoms with van der Waals surface area (Å²) in [5, 5.41) is 0. The number of hydrogen-bond donors (Lipinski definition) is 0. The van der Waals surface area contributed by atoms with Crippen LogP contribution in [0.15, 0.2) is 0 Å². The van der Waals surface area contributed by atoms with Crippen molar-refractivity contribution < 1.29 is 22.0 Å². The highest BCUT2D eigenvalue weighted by molar-refractivity contribution is 9.25. The lowest BCUT2D eigenvalue weighted by molar-refractivity contribution is -0.283. The minimum Gasteiger partial charge on any atom is -0.194 e. The average molecular weight is 409 g/mol. The van der Waals surface area contributed by atoms with Crippen LogP contribution in [0.4, 0.5) is 22.0 Å². The van der Waals surface area contributed by atoms with E-state index in [-0.39, 0.29) is 0 Å². The maximum Gasteiger partial charge on any atom is 0.455 e. The smallest absolute Gasteiger partial charge is 0.194 e. The van der Waals surface area contributed by atoms with Gasteiger partial charge in [-0.15, -0.1) is 0 Å². The van der Waals surface area contributed by atoms with Crippen LogP contribution in [0.1, 0.15) is 0 Å². The molecule has 0 aliphatic carbocycles. The van der Waals surface area contributed by atoms with Crippen molar-refractivity contribution in [2.45, 2.75) is 19.1 Å². The molecule has 0 saturated heterocycles. The average Bonchev–Trinajstić information content (AvgIpc) is 1.81. The van der Waals surface area contributed by atoms with E-state index in [2.05, 4.69) is 0 Å². The Morgan fingerprint density at radius 1 is 0.786 bits per heavy atom. The van der Waals surface area contributed by atoms with E-state index in [1.165, 1.54) is 0 Å². The Morgan fingerprint density at radius 2 is 1.07 bits per heavy atom. The van der Waals surface area contributed by atoms with Crippen LogP contribution in [0, 0.1) is 0 Å². The van der Waals surface area contributed by atoms with Crippen LogP contribution >= 0.6 is 66.7 Å². The molecule has 0 unspecified atom stereocenters. The lowest BCUT2D eigenvalue weighted by Gasteiger charge is -2.36. The standard InChI is InChI=1S/C4Br2Cl3F5/c5-1(6,3(7,8)9)2(10,11)4(12,13)14. The summed E-state index contributed by atoms with van der Waals surface area (Å²) in [6.07, 6.45) is -5.84. The third-order valence-electron chi connectivity index (χ3n) is 1.11. The van der Waals surface area contributed by atoms with E-state index in [1.807, 2.05) is 31.9 Å². The quantitative estimate of drug-likeness (QED) is 0.421. The van der Waals surface area contributed by atoms with Gasteiger partial charge in [0.15, 0.2) is 3.23 Å². The Hall–Kier alpha value is 1.48. The number of hydrogen-bond acceptors (Lipinski definition) is 0. The van der Waals surface area contributed by atoms with Crippen molar-refractivity contribution in [3.63, 3.8) is 0 Å². The van der Waals surface area contributed by atoms with Crippen LogP contribution in [-0.2, 0) is 0 Å². The molecule has 0 aliphatic heterocycles. The van der Waals surface area contributed by atoms with Crippen LogP contribution in [0.5, 0.6) is 0 Å². The molecule has 0 atom stereocenters. The predicted octanol–water partition coefficient (Wildman–Crippen LogP) is 5.04. The van der Waals surface area contributed by atoms with Crippen molar-refractivity contribution in [3.05, 3.63) is 0 Å². The molecule has 0 bridgehead atoms. The topological polar surface area (TPSA) is 0 Å². The largest absolute Gasteiger partial charge is 0.455 e. The van der Waals surface area contributed by atoms with E-state index in [4.69, 9.17) is 34.8 Å². The molecule has 0 fully saturated rings. The minimum absolute atomic E-state index is 2.01. The molecular formula is C4Br2Cl3F5. The van der Waals surface area contributed by atoms with Crippen LogP contribution in [0.25, 0.3) is 0 Å². The van der Waals surface area contributed by atoms with E-state index < -0.39 is 19.1 Å². The summed E-state index contributed by atoms with van der Waals surface area (Å²) in [7, 11) is 0. The van der Waals surface area contributed by atoms with Gasteiger partial charge in [0.25, 0.3) is 0 Å². The van der Waals surface area contributed by atoms with Gasteiger partial charge in [-0.2, -0.15) is 22.0 Å². The van der Waals surface area contributed by atoms with Gasteiger partial charge in [0.05, 0.1) is 0 Å². The number of alkyl halides is 10. The number of rotatable bonds is 1. The Kier molecular flexibility index (Phi) is 4.48. The van der Waals surface area contributed by atoms with Gasteiger partial charge in [-0.05, 0) is 0 Å². The Balaban J connectivity index is 5.30. The van der Waals surface area contributed by atoms with Gasteiger partial charge < -0.3 is 0 Å². The molecule has 0 saturated carbocycles. The Bertz CT molecular complexity index is 196. The van der Waals surface area contributed by atoms with Gasteiger partial charge in [-0.1, -0.05) is 66.7 Å². The van der Waals surface area contributed by atoms with E-state index in [9.17, 15) is 22.0 Å². The molecule has 0 spiro atoms. The Labute approximate surface area is 107 Å². The van der Waals surface area contributed by atoms with Crippen molar-refractivity contribution in [1.29, 1.82) is 0 Å². The zero-order chi connectivity index (χ0) is 12.0. The van der Waals surface area contributed by atoms with Gasteiger partial charge in [-0.25, -0.2) is 0 Å². The normalized spacial score (nSPS) is 15.9. The molecule has 0 nitrogen and oxygen atoms in total. The fourth-order valence-electron chi connectivity index (χ4n) is 0.356. The summed E-state index contributed by atoms with van der Waals surface area (Å²) in [5.74, 6) is -5.24. The second kappa shape index (κ2) is 4.05. The summed E-state index contributed by atoms with van der Waals surface area (Å²) in [6.45, 7) is 0. The summed E-state index contributed by atoms with van der Waals surface area (Å²) in [4.78, 5) is 0. The maximum atomic E-state index is 12.7. The van der Waals surface area contributed by atoms with Gasteiger partial charge >= 0.3 is 12.1 Å². The van der Waals surface area contributed by atoms with Crippen molar-refractivity contribution >= 4 is 66.7 Å². The van der Waals surface area contributed by atoms with Gasteiger partial charge in [0.2, 0.25) is 3.79 Å². The molecule has 0 heterocycles. The highest BCUT2D eigenvalue weighted by atomic mass is 79.9. The highest BCUT2D eigenvalue weighted by Gasteiger charge is 2.74. The fraction of sp³-hybridized carbons (Fsp3) is 1.00. The summed E-state index contributed by atoms with van der Waals surface area (Å²) in [5.41, 5.74) is 0. The lowest BCUT2D eigenvalue weighted by Crippen LogP contribution is -2.56. The van der Waals surface area contributed by atoms with Crippen LogP contribution in [0.2, 0.25) is 0 Å². The first-order chi connectivity index (χ1) is 5.75. The fourth-order valence-corrected chi connectivity index (χ4v) is 1.16. The molecule has 86 valence electrons. The molecule has 0 radical (unpaired) electrons. The summed E-state index contributed by atoms with van der Waals surface area (Å²) < 4.78 is 55.0. The lowest BCUT2D eigenvalue weighted by atomic mass is 10.2. The predicted molar refractivity (Wildman–Crippen MR) is 51.9 cm³/mol. The van der Waals surface area contributed by atoms with Gasteiger partial charge in [-0.3, -0.25) is 0 Å². The molecule has 0 aliphatic rings. The summed E-state index contributed by atoms with van der Waals surface area (Å²) in [6, 6.07) is 0. The van der Waals surface area contributed by atoms with E-state index >= 15 is 0 Å². The molecule has 0 rings (SSSR count). The highest BCUT2D eigenvalue weighted by Crippen LogP contribution is 2.61. The zero-order valence-electron chi connectivity index (χ0n) is 5.78. The van der Waals surface area contributed by atoms with Gasteiger partial charge in [0.1, 0.15) is 0 Å². The van der Waals surface area contributed by atoms with Crippen LogP contribution < -0.4 is 0 Å². The third-order valence-corrected chi connectivity index (χ3v) is 5.51. The minimum atomic E-state index is -5.84. The molecule has 0 aromatic heterocycles. The molecular weight excluding hydrogens is 409 g/mol. The molecule has 0 amide bonds. The number of halogens is 10.